The molecule has 1 aromatic rings. The maximum atomic E-state index is 9.84. The van der Waals surface area contributed by atoms with Crippen molar-refractivity contribution in [1.29, 1.82) is 0 Å². The highest BCUT2D eigenvalue weighted by Gasteiger charge is 2.21. The monoisotopic (exact) mass is 282 g/mol. The predicted molar refractivity (Wildman–Crippen MR) is 80.9 cm³/mol. The number of piperidine rings is 1. The van der Waals surface area contributed by atoms with Crippen LogP contribution in [0.15, 0.2) is 18.2 Å². The number of para-hydroxylation sites is 1. The van der Waals surface area contributed by atoms with Crippen LogP contribution in [-0.2, 0) is 6.54 Å². The van der Waals surface area contributed by atoms with Crippen LogP contribution in [0.3, 0.4) is 0 Å². The van der Waals surface area contributed by atoms with Crippen LogP contribution in [0.4, 0.5) is 5.69 Å². The molecule has 19 heavy (non-hydrogen) atoms. The maximum Gasteiger partial charge on any atom is 0.0715 e. The molecule has 1 aliphatic heterocycles. The fourth-order valence-electron chi connectivity index (χ4n) is 2.53. The second-order valence-corrected chi connectivity index (χ2v) is 5.93. The van der Waals surface area contributed by atoms with Crippen molar-refractivity contribution in [3.8, 4) is 0 Å². The Hall–Kier alpha value is -0.770. The van der Waals surface area contributed by atoms with Crippen LogP contribution >= 0.6 is 11.6 Å². The van der Waals surface area contributed by atoms with Gasteiger partial charge in [0.15, 0.2) is 0 Å². The van der Waals surface area contributed by atoms with Gasteiger partial charge in [-0.1, -0.05) is 37.6 Å². The van der Waals surface area contributed by atoms with Crippen LogP contribution in [0.2, 0.25) is 5.02 Å². The first-order chi connectivity index (χ1) is 9.08. The highest BCUT2D eigenvalue weighted by Crippen LogP contribution is 2.32. The lowest BCUT2D eigenvalue weighted by Gasteiger charge is -2.34. The summed E-state index contributed by atoms with van der Waals surface area (Å²) in [6.45, 7) is 6.72. The number of rotatable bonds is 4. The summed E-state index contributed by atoms with van der Waals surface area (Å²) >= 11 is 6.37. The Morgan fingerprint density at radius 1 is 1.47 bits per heavy atom. The second kappa shape index (κ2) is 6.60. The third-order valence-electron chi connectivity index (χ3n) is 3.48. The fourth-order valence-corrected chi connectivity index (χ4v) is 2.84. The van der Waals surface area contributed by atoms with E-state index in [0.29, 0.717) is 12.6 Å². The van der Waals surface area contributed by atoms with Gasteiger partial charge in [0.1, 0.15) is 0 Å². The van der Waals surface area contributed by atoms with Crippen molar-refractivity contribution in [2.45, 2.75) is 45.4 Å². The van der Waals surface area contributed by atoms with Crippen molar-refractivity contribution in [2.75, 3.05) is 18.0 Å². The molecule has 1 saturated heterocycles. The van der Waals surface area contributed by atoms with Gasteiger partial charge < -0.3 is 15.3 Å². The lowest BCUT2D eigenvalue weighted by molar-refractivity contribution is 0.154. The van der Waals surface area contributed by atoms with Crippen LogP contribution in [0.1, 0.15) is 32.3 Å². The summed E-state index contributed by atoms with van der Waals surface area (Å²) in [7, 11) is 0. The van der Waals surface area contributed by atoms with E-state index in [9.17, 15) is 5.11 Å². The van der Waals surface area contributed by atoms with E-state index in [1.807, 2.05) is 12.1 Å². The number of nitrogens with one attached hydrogen (secondary N) is 1. The normalized spacial score (nSPS) is 20.1. The second-order valence-electron chi connectivity index (χ2n) is 5.53. The van der Waals surface area contributed by atoms with E-state index in [0.717, 1.165) is 36.6 Å². The summed E-state index contributed by atoms with van der Waals surface area (Å²) in [4.78, 5) is 2.22. The number of anilines is 1. The number of hydrogen-bond acceptors (Lipinski definition) is 3. The Balaban J connectivity index is 2.21. The average molecular weight is 283 g/mol. The highest BCUT2D eigenvalue weighted by molar-refractivity contribution is 6.33. The standard InChI is InChI=1S/C15H23ClN2O/c1-11(2)17-9-12-5-3-7-14(16)15(12)18-8-4-6-13(19)10-18/h3,5,7,11,13,17,19H,4,6,8-10H2,1-2H3. The predicted octanol–water partition coefficient (Wildman–Crippen LogP) is 2.80. The largest absolute Gasteiger partial charge is 0.391 e. The molecule has 1 atom stereocenters. The highest BCUT2D eigenvalue weighted by atomic mass is 35.5. The number of halogens is 1. The van der Waals surface area contributed by atoms with Gasteiger partial charge in [0.2, 0.25) is 0 Å². The molecule has 106 valence electrons. The van der Waals surface area contributed by atoms with Gasteiger partial charge in [-0.25, -0.2) is 0 Å². The summed E-state index contributed by atoms with van der Waals surface area (Å²) in [6, 6.07) is 6.47. The molecule has 1 heterocycles. The third kappa shape index (κ3) is 3.85. The van der Waals surface area contributed by atoms with Crippen molar-refractivity contribution < 1.29 is 5.11 Å². The van der Waals surface area contributed by atoms with Crippen molar-refractivity contribution in [3.63, 3.8) is 0 Å². The van der Waals surface area contributed by atoms with E-state index in [4.69, 9.17) is 11.6 Å². The van der Waals surface area contributed by atoms with E-state index in [-0.39, 0.29) is 6.10 Å². The number of hydrogen-bond donors (Lipinski definition) is 2. The third-order valence-corrected chi connectivity index (χ3v) is 3.79. The van der Waals surface area contributed by atoms with Crippen LogP contribution < -0.4 is 10.2 Å². The topological polar surface area (TPSA) is 35.5 Å². The van der Waals surface area contributed by atoms with Gasteiger partial charge in [-0.2, -0.15) is 0 Å². The molecular weight excluding hydrogens is 260 g/mol. The molecule has 1 unspecified atom stereocenters. The van der Waals surface area contributed by atoms with Gasteiger partial charge in [0.05, 0.1) is 16.8 Å². The quantitative estimate of drug-likeness (QED) is 0.891. The molecule has 0 spiro atoms. The lowest BCUT2D eigenvalue weighted by Crippen LogP contribution is -2.39. The minimum absolute atomic E-state index is 0.240. The summed E-state index contributed by atoms with van der Waals surface area (Å²) < 4.78 is 0. The van der Waals surface area contributed by atoms with E-state index >= 15 is 0 Å². The number of benzene rings is 1. The number of β-amino-alcohol motifs (C(OH)–C–C–N with tert-alkyl or cyclic N) is 1. The van der Waals surface area contributed by atoms with Crippen molar-refractivity contribution >= 4 is 17.3 Å². The Morgan fingerprint density at radius 3 is 2.95 bits per heavy atom. The minimum atomic E-state index is -0.240. The van der Waals surface area contributed by atoms with Gasteiger partial charge in [-0.3, -0.25) is 0 Å². The number of nitrogens with zero attached hydrogens (tertiary/aromatic N) is 1. The first kappa shape index (κ1) is 14.6. The Labute approximate surface area is 120 Å². The molecule has 1 aliphatic rings. The molecule has 4 heteroatoms. The summed E-state index contributed by atoms with van der Waals surface area (Å²) in [5, 5.41) is 14.0. The molecule has 1 fully saturated rings. The fraction of sp³-hybridized carbons (Fsp3) is 0.600. The molecule has 0 aromatic heterocycles. The first-order valence-corrected chi connectivity index (χ1v) is 7.39. The van der Waals surface area contributed by atoms with Crippen LogP contribution in [0, 0.1) is 0 Å². The molecule has 2 N–H and O–H groups in total. The molecule has 1 aromatic carbocycles. The van der Waals surface area contributed by atoms with Crippen molar-refractivity contribution in [3.05, 3.63) is 28.8 Å². The Morgan fingerprint density at radius 2 is 2.26 bits per heavy atom. The van der Waals surface area contributed by atoms with E-state index in [1.54, 1.807) is 0 Å². The number of aliphatic hydroxyl groups is 1. The first-order valence-electron chi connectivity index (χ1n) is 7.01. The van der Waals surface area contributed by atoms with Gasteiger partial charge in [0, 0.05) is 25.7 Å². The molecule has 0 saturated carbocycles. The lowest BCUT2D eigenvalue weighted by atomic mass is 10.0. The van der Waals surface area contributed by atoms with Gasteiger partial charge in [0.25, 0.3) is 0 Å². The Bertz CT molecular complexity index is 423. The maximum absolute atomic E-state index is 9.84. The van der Waals surface area contributed by atoms with Gasteiger partial charge in [-0.05, 0) is 24.5 Å². The zero-order valence-corrected chi connectivity index (χ0v) is 12.5. The minimum Gasteiger partial charge on any atom is -0.391 e. The van der Waals surface area contributed by atoms with Gasteiger partial charge in [-0.15, -0.1) is 0 Å². The average Bonchev–Trinajstić information content (AvgIpc) is 2.36. The molecule has 0 radical (unpaired) electrons. The Kier molecular flexibility index (Phi) is 5.08. The van der Waals surface area contributed by atoms with E-state index in [1.165, 1.54) is 5.56 Å². The van der Waals surface area contributed by atoms with Crippen molar-refractivity contribution in [2.24, 2.45) is 0 Å². The molecule has 0 amide bonds. The smallest absolute Gasteiger partial charge is 0.0715 e. The SMILES string of the molecule is CC(C)NCc1cccc(Cl)c1N1CCCC(O)C1. The molecule has 3 nitrogen and oxygen atoms in total. The van der Waals surface area contributed by atoms with Crippen LogP contribution in [-0.4, -0.2) is 30.3 Å². The summed E-state index contributed by atoms with van der Waals surface area (Å²) in [5.74, 6) is 0. The summed E-state index contributed by atoms with van der Waals surface area (Å²) in [6.07, 6.45) is 1.67. The van der Waals surface area contributed by atoms with Crippen molar-refractivity contribution in [1.82, 2.24) is 5.32 Å². The molecule has 0 bridgehead atoms. The van der Waals surface area contributed by atoms with E-state index in [2.05, 4.69) is 30.1 Å². The summed E-state index contributed by atoms with van der Waals surface area (Å²) in [5.41, 5.74) is 2.28. The zero-order valence-electron chi connectivity index (χ0n) is 11.7. The molecule has 0 aliphatic carbocycles. The number of aliphatic hydroxyl groups excluding tert-OH is 1. The van der Waals surface area contributed by atoms with E-state index < -0.39 is 0 Å². The zero-order chi connectivity index (χ0) is 13.8. The molecule has 2 rings (SSSR count). The van der Waals surface area contributed by atoms with Gasteiger partial charge >= 0.3 is 0 Å². The van der Waals surface area contributed by atoms with Crippen LogP contribution in [0.25, 0.3) is 0 Å². The van der Waals surface area contributed by atoms with Crippen LogP contribution in [0.5, 0.6) is 0 Å². The molecular formula is C15H23ClN2O.